The second-order valence-corrected chi connectivity index (χ2v) is 9.47. The lowest BCUT2D eigenvalue weighted by atomic mass is 10.1. The van der Waals surface area contributed by atoms with E-state index in [4.69, 9.17) is 9.47 Å². The van der Waals surface area contributed by atoms with Crippen LogP contribution in [0.1, 0.15) is 17.3 Å². The topological polar surface area (TPSA) is 93.2 Å². The summed E-state index contributed by atoms with van der Waals surface area (Å²) in [7, 11) is -3.70. The van der Waals surface area contributed by atoms with Gasteiger partial charge in [-0.1, -0.05) is 6.07 Å². The molecule has 2 fully saturated rings. The summed E-state index contributed by atoms with van der Waals surface area (Å²) >= 11 is 1.59. The van der Waals surface area contributed by atoms with Gasteiger partial charge in [-0.2, -0.15) is 16.1 Å². The quantitative estimate of drug-likeness (QED) is 0.641. The van der Waals surface area contributed by atoms with Crippen LogP contribution < -0.4 is 0 Å². The van der Waals surface area contributed by atoms with Crippen molar-refractivity contribution in [3.63, 3.8) is 0 Å². The highest BCUT2D eigenvalue weighted by Gasteiger charge is 2.35. The number of sulfonamides is 1. The molecule has 1 atom stereocenters. The van der Waals surface area contributed by atoms with Crippen molar-refractivity contribution in [3.8, 4) is 0 Å². The highest BCUT2D eigenvalue weighted by atomic mass is 32.2. The zero-order valence-corrected chi connectivity index (χ0v) is 17.3. The molecule has 0 N–H and O–H groups in total. The third-order valence-corrected chi connectivity index (χ3v) is 7.55. The summed E-state index contributed by atoms with van der Waals surface area (Å²) in [4.78, 5) is 26.8. The van der Waals surface area contributed by atoms with Crippen molar-refractivity contribution < 1.29 is 27.5 Å². The first-order valence-electron chi connectivity index (χ1n) is 9.18. The molecular formula is C18H24N2O6S2. The third kappa shape index (κ3) is 4.51. The molecule has 1 unspecified atom stereocenters. The molecule has 3 rings (SSSR count). The molecule has 2 aliphatic heterocycles. The van der Waals surface area contributed by atoms with Gasteiger partial charge in [0.25, 0.3) is 5.91 Å². The fourth-order valence-electron chi connectivity index (χ4n) is 3.17. The highest BCUT2D eigenvalue weighted by Crippen LogP contribution is 2.23. The van der Waals surface area contributed by atoms with Crippen LogP contribution in [0.4, 0.5) is 0 Å². The average molecular weight is 429 g/mol. The van der Waals surface area contributed by atoms with Crippen molar-refractivity contribution in [2.75, 3.05) is 51.0 Å². The largest absolute Gasteiger partial charge is 0.464 e. The molecule has 0 saturated carbocycles. The van der Waals surface area contributed by atoms with Crippen LogP contribution in [0.25, 0.3) is 0 Å². The van der Waals surface area contributed by atoms with Gasteiger partial charge in [0, 0.05) is 36.7 Å². The van der Waals surface area contributed by atoms with Crippen LogP contribution in [0.15, 0.2) is 29.2 Å². The summed E-state index contributed by atoms with van der Waals surface area (Å²) in [5.41, 5.74) is 0.246. The smallest absolute Gasteiger partial charge is 0.329 e. The number of ether oxygens (including phenoxy) is 2. The summed E-state index contributed by atoms with van der Waals surface area (Å²) in [6.07, 6.45) is 0. The molecule has 0 bridgehead atoms. The molecule has 1 amide bonds. The fraction of sp³-hybridized carbons (Fsp3) is 0.556. The van der Waals surface area contributed by atoms with Gasteiger partial charge in [0.05, 0.1) is 24.7 Å². The normalized spacial score (nSPS) is 21.3. The molecule has 1 aromatic carbocycles. The van der Waals surface area contributed by atoms with Gasteiger partial charge in [0.15, 0.2) is 0 Å². The number of amides is 1. The Bertz CT molecular complexity index is 823. The van der Waals surface area contributed by atoms with E-state index in [0.717, 1.165) is 0 Å². The second-order valence-electron chi connectivity index (χ2n) is 6.39. The Hall–Kier alpha value is -1.62. The highest BCUT2D eigenvalue weighted by molar-refractivity contribution is 7.99. The Morgan fingerprint density at radius 2 is 2.00 bits per heavy atom. The van der Waals surface area contributed by atoms with Gasteiger partial charge in [-0.05, 0) is 25.1 Å². The van der Waals surface area contributed by atoms with Gasteiger partial charge in [-0.15, -0.1) is 0 Å². The lowest BCUT2D eigenvalue weighted by Gasteiger charge is -2.33. The van der Waals surface area contributed by atoms with Crippen LogP contribution in [-0.4, -0.2) is 86.5 Å². The number of esters is 1. The van der Waals surface area contributed by atoms with Gasteiger partial charge >= 0.3 is 5.97 Å². The number of thioether (sulfide) groups is 1. The van der Waals surface area contributed by atoms with E-state index in [1.807, 2.05) is 0 Å². The predicted octanol–water partition coefficient (Wildman–Crippen LogP) is 0.828. The van der Waals surface area contributed by atoms with E-state index in [-0.39, 0.29) is 36.1 Å². The number of carbonyl (C=O) groups excluding carboxylic acids is 2. The molecule has 10 heteroatoms. The number of hydrogen-bond acceptors (Lipinski definition) is 7. The maximum atomic E-state index is 13.1. The number of morpholine rings is 1. The Morgan fingerprint density at radius 1 is 1.25 bits per heavy atom. The van der Waals surface area contributed by atoms with Crippen molar-refractivity contribution in [3.05, 3.63) is 29.8 Å². The summed E-state index contributed by atoms with van der Waals surface area (Å²) in [5.74, 6) is 0.390. The van der Waals surface area contributed by atoms with Crippen molar-refractivity contribution in [2.24, 2.45) is 0 Å². The number of nitrogens with zero attached hydrogens (tertiary/aromatic N) is 2. The van der Waals surface area contributed by atoms with E-state index in [2.05, 4.69) is 0 Å². The summed E-state index contributed by atoms with van der Waals surface area (Å²) in [6, 6.07) is 5.34. The van der Waals surface area contributed by atoms with E-state index in [9.17, 15) is 18.0 Å². The number of carbonyl (C=O) groups is 2. The number of rotatable bonds is 5. The Labute approximate surface area is 169 Å². The van der Waals surface area contributed by atoms with Crippen LogP contribution in [0, 0.1) is 0 Å². The van der Waals surface area contributed by atoms with Crippen LogP contribution in [0.3, 0.4) is 0 Å². The Morgan fingerprint density at radius 3 is 2.71 bits per heavy atom. The van der Waals surface area contributed by atoms with Gasteiger partial charge in [-0.3, -0.25) is 4.79 Å². The standard InChI is InChI=1S/C18H24N2O6S2/c1-2-26-18(22)16-13-27-11-8-20(16)17(21)14-4-3-5-15(12-14)28(23,24)19-6-9-25-10-7-19/h3-5,12,16H,2,6-11,13H2,1H3. The molecule has 2 saturated heterocycles. The first-order chi connectivity index (χ1) is 13.4. The minimum absolute atomic E-state index is 0.0688. The average Bonchev–Trinajstić information content (AvgIpc) is 2.74. The van der Waals surface area contributed by atoms with Crippen LogP contribution in [0.2, 0.25) is 0 Å². The lowest BCUT2D eigenvalue weighted by Crippen LogP contribution is -2.51. The molecule has 0 spiro atoms. The van der Waals surface area contributed by atoms with Gasteiger partial charge in [0.2, 0.25) is 10.0 Å². The first kappa shape index (κ1) is 21.1. The molecule has 0 aliphatic carbocycles. The molecule has 0 radical (unpaired) electrons. The third-order valence-electron chi connectivity index (χ3n) is 4.64. The van der Waals surface area contributed by atoms with E-state index in [1.54, 1.807) is 30.8 Å². The van der Waals surface area contributed by atoms with Gasteiger partial charge in [-0.25, -0.2) is 13.2 Å². The van der Waals surface area contributed by atoms with E-state index in [0.29, 0.717) is 31.3 Å². The SMILES string of the molecule is CCOC(=O)C1CSCCN1C(=O)c1cccc(S(=O)(=O)N2CCOCC2)c1. The maximum absolute atomic E-state index is 13.1. The van der Waals surface area contributed by atoms with E-state index < -0.39 is 22.0 Å². The van der Waals surface area contributed by atoms with Gasteiger partial charge < -0.3 is 14.4 Å². The number of benzene rings is 1. The molecule has 154 valence electrons. The zero-order valence-electron chi connectivity index (χ0n) is 15.7. The van der Waals surface area contributed by atoms with Crippen LogP contribution >= 0.6 is 11.8 Å². The first-order valence-corrected chi connectivity index (χ1v) is 11.8. The predicted molar refractivity (Wildman–Crippen MR) is 105 cm³/mol. The minimum Gasteiger partial charge on any atom is -0.464 e. The molecule has 8 nitrogen and oxygen atoms in total. The van der Waals surface area contributed by atoms with Crippen LogP contribution in [0.5, 0.6) is 0 Å². The summed E-state index contributed by atoms with van der Waals surface area (Å²) in [5, 5.41) is 0. The molecule has 1 aromatic rings. The molecule has 2 heterocycles. The van der Waals surface area contributed by atoms with E-state index in [1.165, 1.54) is 21.3 Å². The van der Waals surface area contributed by atoms with Gasteiger partial charge in [0.1, 0.15) is 6.04 Å². The fourth-order valence-corrected chi connectivity index (χ4v) is 5.66. The van der Waals surface area contributed by atoms with Crippen molar-refractivity contribution >= 4 is 33.7 Å². The van der Waals surface area contributed by atoms with Crippen molar-refractivity contribution in [1.29, 1.82) is 0 Å². The Kier molecular flexibility index (Phi) is 6.97. The van der Waals surface area contributed by atoms with E-state index >= 15 is 0 Å². The molecule has 2 aliphatic rings. The minimum atomic E-state index is -3.70. The molecule has 0 aromatic heterocycles. The summed E-state index contributed by atoms with van der Waals surface area (Å²) < 4.78 is 37.4. The monoisotopic (exact) mass is 428 g/mol. The number of hydrogen-bond donors (Lipinski definition) is 0. The molecular weight excluding hydrogens is 404 g/mol. The zero-order chi connectivity index (χ0) is 20.1. The second kappa shape index (κ2) is 9.25. The maximum Gasteiger partial charge on any atom is 0.329 e. The van der Waals surface area contributed by atoms with Crippen LogP contribution in [-0.2, 0) is 24.3 Å². The van der Waals surface area contributed by atoms with Crippen molar-refractivity contribution in [1.82, 2.24) is 9.21 Å². The molecule has 28 heavy (non-hydrogen) atoms. The van der Waals surface area contributed by atoms with Crippen molar-refractivity contribution in [2.45, 2.75) is 17.9 Å². The Balaban J connectivity index is 1.84. The summed E-state index contributed by atoms with van der Waals surface area (Å²) in [6.45, 7) is 3.65. The lowest BCUT2D eigenvalue weighted by molar-refractivity contribution is -0.147.